The highest BCUT2D eigenvalue weighted by atomic mass is 79.9. The van der Waals surface area contributed by atoms with E-state index in [1.807, 2.05) is 24.3 Å². The Morgan fingerprint density at radius 2 is 1.92 bits per heavy atom. The highest BCUT2D eigenvalue weighted by Crippen LogP contribution is 2.13. The summed E-state index contributed by atoms with van der Waals surface area (Å²) < 4.78 is 14.2. The monoisotopic (exact) mass is 245 g/mol. The Labute approximate surface area is 86.3 Å². The SMILES string of the molecule is CC(N)C(F)Cc1ccc(Br)cc1. The van der Waals surface area contributed by atoms with Gasteiger partial charge in [-0.1, -0.05) is 28.1 Å². The van der Waals surface area contributed by atoms with Gasteiger partial charge in [-0.15, -0.1) is 0 Å². The number of alkyl halides is 1. The Balaban J connectivity index is 2.59. The Kier molecular flexibility index (Phi) is 3.88. The molecule has 0 aromatic heterocycles. The van der Waals surface area contributed by atoms with Crippen LogP contribution in [0.2, 0.25) is 0 Å². The zero-order valence-corrected chi connectivity index (χ0v) is 9.09. The molecular formula is C10H13BrFN. The van der Waals surface area contributed by atoms with E-state index in [0.717, 1.165) is 10.0 Å². The Hall–Kier alpha value is -0.410. The molecule has 0 saturated heterocycles. The van der Waals surface area contributed by atoms with Crippen molar-refractivity contribution in [3.05, 3.63) is 34.3 Å². The molecule has 0 saturated carbocycles. The molecule has 72 valence electrons. The van der Waals surface area contributed by atoms with Crippen LogP contribution in [0.5, 0.6) is 0 Å². The van der Waals surface area contributed by atoms with E-state index in [4.69, 9.17) is 5.73 Å². The quantitative estimate of drug-likeness (QED) is 0.871. The zero-order valence-electron chi connectivity index (χ0n) is 7.50. The van der Waals surface area contributed by atoms with Crippen LogP contribution in [-0.4, -0.2) is 12.2 Å². The summed E-state index contributed by atoms with van der Waals surface area (Å²) in [5.41, 5.74) is 6.41. The molecule has 2 unspecified atom stereocenters. The summed E-state index contributed by atoms with van der Waals surface area (Å²) in [6, 6.07) is 7.22. The van der Waals surface area contributed by atoms with E-state index in [1.54, 1.807) is 6.92 Å². The summed E-state index contributed by atoms with van der Waals surface area (Å²) in [7, 11) is 0. The van der Waals surface area contributed by atoms with Gasteiger partial charge in [-0.25, -0.2) is 4.39 Å². The summed E-state index contributed by atoms with van der Waals surface area (Å²) in [5.74, 6) is 0. The summed E-state index contributed by atoms with van der Waals surface area (Å²) in [6.45, 7) is 1.68. The molecule has 1 nitrogen and oxygen atoms in total. The molecule has 0 amide bonds. The zero-order chi connectivity index (χ0) is 9.84. The van der Waals surface area contributed by atoms with E-state index in [2.05, 4.69) is 15.9 Å². The lowest BCUT2D eigenvalue weighted by molar-refractivity contribution is 0.290. The van der Waals surface area contributed by atoms with Crippen molar-refractivity contribution in [3.63, 3.8) is 0 Å². The molecule has 1 aromatic rings. The molecule has 2 N–H and O–H groups in total. The molecule has 0 fully saturated rings. The minimum absolute atomic E-state index is 0.394. The van der Waals surface area contributed by atoms with Gasteiger partial charge >= 0.3 is 0 Å². The number of benzene rings is 1. The molecule has 1 rings (SSSR count). The standard InChI is InChI=1S/C10H13BrFN/c1-7(13)10(12)6-8-2-4-9(11)5-3-8/h2-5,7,10H,6,13H2,1H3. The van der Waals surface area contributed by atoms with Gasteiger partial charge in [0.1, 0.15) is 6.17 Å². The fraction of sp³-hybridized carbons (Fsp3) is 0.400. The first kappa shape index (κ1) is 10.7. The van der Waals surface area contributed by atoms with Crippen LogP contribution in [0.1, 0.15) is 12.5 Å². The predicted octanol–water partition coefficient (Wildman–Crippen LogP) is 2.68. The van der Waals surface area contributed by atoms with Crippen LogP contribution >= 0.6 is 15.9 Å². The number of hydrogen-bond donors (Lipinski definition) is 1. The average molecular weight is 246 g/mol. The molecule has 0 bridgehead atoms. The molecular weight excluding hydrogens is 233 g/mol. The van der Waals surface area contributed by atoms with Gasteiger partial charge in [0.25, 0.3) is 0 Å². The van der Waals surface area contributed by atoms with Crippen molar-refractivity contribution >= 4 is 15.9 Å². The van der Waals surface area contributed by atoms with Gasteiger partial charge in [0.15, 0.2) is 0 Å². The number of halogens is 2. The fourth-order valence-electron chi connectivity index (χ4n) is 1.03. The molecule has 0 heterocycles. The van der Waals surface area contributed by atoms with Crippen LogP contribution in [0, 0.1) is 0 Å². The van der Waals surface area contributed by atoms with E-state index in [0.29, 0.717) is 6.42 Å². The van der Waals surface area contributed by atoms with Crippen LogP contribution in [-0.2, 0) is 6.42 Å². The van der Waals surface area contributed by atoms with Gasteiger partial charge in [-0.3, -0.25) is 0 Å². The van der Waals surface area contributed by atoms with Gasteiger partial charge < -0.3 is 5.73 Å². The maximum Gasteiger partial charge on any atom is 0.119 e. The second-order valence-electron chi connectivity index (χ2n) is 3.21. The van der Waals surface area contributed by atoms with Crippen molar-refractivity contribution in [2.24, 2.45) is 5.73 Å². The first-order valence-corrected chi connectivity index (χ1v) is 5.03. The summed E-state index contributed by atoms with van der Waals surface area (Å²) in [5, 5.41) is 0. The molecule has 0 radical (unpaired) electrons. The predicted molar refractivity (Wildman–Crippen MR) is 56.4 cm³/mol. The van der Waals surface area contributed by atoms with Crippen LogP contribution in [0.25, 0.3) is 0 Å². The summed E-state index contributed by atoms with van der Waals surface area (Å²) in [6.07, 6.45) is -0.563. The Morgan fingerprint density at radius 3 is 2.38 bits per heavy atom. The van der Waals surface area contributed by atoms with Crippen molar-refractivity contribution in [2.75, 3.05) is 0 Å². The van der Waals surface area contributed by atoms with Crippen LogP contribution in [0.4, 0.5) is 4.39 Å². The van der Waals surface area contributed by atoms with Crippen LogP contribution in [0.3, 0.4) is 0 Å². The average Bonchev–Trinajstić information content (AvgIpc) is 2.08. The first-order chi connectivity index (χ1) is 6.09. The molecule has 0 aliphatic rings. The van der Waals surface area contributed by atoms with Crippen molar-refractivity contribution in [2.45, 2.75) is 25.6 Å². The topological polar surface area (TPSA) is 26.0 Å². The lowest BCUT2D eigenvalue weighted by atomic mass is 10.1. The number of nitrogens with two attached hydrogens (primary N) is 1. The highest BCUT2D eigenvalue weighted by Gasteiger charge is 2.11. The number of rotatable bonds is 3. The maximum absolute atomic E-state index is 13.2. The van der Waals surface area contributed by atoms with Crippen molar-refractivity contribution in [1.29, 1.82) is 0 Å². The second kappa shape index (κ2) is 4.72. The molecule has 13 heavy (non-hydrogen) atoms. The van der Waals surface area contributed by atoms with E-state index in [9.17, 15) is 4.39 Å². The number of hydrogen-bond acceptors (Lipinski definition) is 1. The molecule has 0 spiro atoms. The van der Waals surface area contributed by atoms with Crippen LogP contribution < -0.4 is 5.73 Å². The van der Waals surface area contributed by atoms with E-state index in [-0.39, 0.29) is 0 Å². The third-order valence-corrected chi connectivity index (χ3v) is 2.44. The van der Waals surface area contributed by atoms with E-state index in [1.165, 1.54) is 0 Å². The Bertz CT molecular complexity index is 258. The first-order valence-electron chi connectivity index (χ1n) is 4.23. The minimum Gasteiger partial charge on any atom is -0.325 e. The van der Waals surface area contributed by atoms with Crippen molar-refractivity contribution in [1.82, 2.24) is 0 Å². The van der Waals surface area contributed by atoms with Gasteiger partial charge in [-0.05, 0) is 24.6 Å². The van der Waals surface area contributed by atoms with E-state index >= 15 is 0 Å². The molecule has 1 aromatic carbocycles. The van der Waals surface area contributed by atoms with E-state index < -0.39 is 12.2 Å². The van der Waals surface area contributed by atoms with Gasteiger partial charge in [0.05, 0.1) is 0 Å². The summed E-state index contributed by atoms with van der Waals surface area (Å²) >= 11 is 3.32. The highest BCUT2D eigenvalue weighted by molar-refractivity contribution is 9.10. The fourth-order valence-corrected chi connectivity index (χ4v) is 1.30. The smallest absolute Gasteiger partial charge is 0.119 e. The van der Waals surface area contributed by atoms with Crippen molar-refractivity contribution < 1.29 is 4.39 Å². The minimum atomic E-state index is -0.957. The third kappa shape index (κ3) is 3.44. The van der Waals surface area contributed by atoms with Gasteiger partial charge in [0, 0.05) is 16.9 Å². The molecule has 0 aliphatic heterocycles. The third-order valence-electron chi connectivity index (χ3n) is 1.91. The molecule has 3 heteroatoms. The lowest BCUT2D eigenvalue weighted by Crippen LogP contribution is -2.29. The van der Waals surface area contributed by atoms with Crippen molar-refractivity contribution in [3.8, 4) is 0 Å². The lowest BCUT2D eigenvalue weighted by Gasteiger charge is -2.11. The summed E-state index contributed by atoms with van der Waals surface area (Å²) in [4.78, 5) is 0. The molecule has 0 aliphatic carbocycles. The van der Waals surface area contributed by atoms with Gasteiger partial charge in [0.2, 0.25) is 0 Å². The normalized spacial score (nSPS) is 15.4. The molecule has 2 atom stereocenters. The Morgan fingerprint density at radius 1 is 1.38 bits per heavy atom. The second-order valence-corrected chi connectivity index (χ2v) is 4.12. The van der Waals surface area contributed by atoms with Crippen LogP contribution in [0.15, 0.2) is 28.7 Å². The van der Waals surface area contributed by atoms with Gasteiger partial charge in [-0.2, -0.15) is 0 Å². The largest absolute Gasteiger partial charge is 0.325 e. The maximum atomic E-state index is 13.2.